The number of nitrogens with one attached hydrogen (secondary N) is 2. The maximum absolute atomic E-state index is 4.45. The van der Waals surface area contributed by atoms with Crippen molar-refractivity contribution in [3.05, 3.63) is 39.4 Å². The normalized spacial score (nSPS) is 10.3. The third-order valence-electron chi connectivity index (χ3n) is 2.40. The van der Waals surface area contributed by atoms with Gasteiger partial charge in [0.2, 0.25) is 5.95 Å². The molecule has 0 aliphatic carbocycles. The Bertz CT molecular complexity index is 560. The summed E-state index contributed by atoms with van der Waals surface area (Å²) in [5.41, 5.74) is 0.961. The molecule has 0 aliphatic heterocycles. The van der Waals surface area contributed by atoms with Crippen LogP contribution in [0.3, 0.4) is 0 Å². The molecular formula is C13H14Br2N4. The van der Waals surface area contributed by atoms with Crippen molar-refractivity contribution in [2.24, 2.45) is 0 Å². The maximum Gasteiger partial charge on any atom is 0.224 e. The van der Waals surface area contributed by atoms with Crippen LogP contribution in [0, 0.1) is 0 Å². The van der Waals surface area contributed by atoms with Crippen molar-refractivity contribution in [1.82, 2.24) is 9.97 Å². The number of halogens is 2. The molecule has 2 rings (SSSR count). The molecule has 2 N–H and O–H groups in total. The molecule has 0 bridgehead atoms. The van der Waals surface area contributed by atoms with Crippen LogP contribution in [0.1, 0.15) is 13.3 Å². The first kappa shape index (κ1) is 14.3. The molecule has 0 atom stereocenters. The number of hydrogen-bond acceptors (Lipinski definition) is 4. The van der Waals surface area contributed by atoms with Gasteiger partial charge in [0.25, 0.3) is 0 Å². The molecule has 0 unspecified atom stereocenters. The molecular weight excluding hydrogens is 372 g/mol. The number of para-hydroxylation sites is 1. The number of hydrogen-bond donors (Lipinski definition) is 2. The van der Waals surface area contributed by atoms with Gasteiger partial charge in [-0.2, -0.15) is 4.98 Å². The highest BCUT2D eigenvalue weighted by Crippen LogP contribution is 2.28. The van der Waals surface area contributed by atoms with Crippen molar-refractivity contribution in [3.8, 4) is 0 Å². The van der Waals surface area contributed by atoms with Gasteiger partial charge in [0.05, 0.1) is 10.2 Å². The van der Waals surface area contributed by atoms with Crippen molar-refractivity contribution in [1.29, 1.82) is 0 Å². The summed E-state index contributed by atoms with van der Waals surface area (Å²) in [7, 11) is 0. The largest absolute Gasteiger partial charge is 0.354 e. The predicted molar refractivity (Wildman–Crippen MR) is 85.9 cm³/mol. The minimum Gasteiger partial charge on any atom is -0.354 e. The highest BCUT2D eigenvalue weighted by Gasteiger charge is 2.06. The van der Waals surface area contributed by atoms with Crippen LogP contribution in [0.5, 0.6) is 0 Å². The minimum atomic E-state index is 0.625. The Labute approximate surface area is 129 Å². The molecule has 1 aromatic carbocycles. The van der Waals surface area contributed by atoms with Gasteiger partial charge in [0.1, 0.15) is 5.82 Å². The van der Waals surface area contributed by atoms with Crippen LogP contribution in [0.25, 0.3) is 0 Å². The molecule has 2 aromatic rings. The second-order valence-corrected chi connectivity index (χ2v) is 5.63. The van der Waals surface area contributed by atoms with Crippen LogP contribution >= 0.6 is 31.9 Å². The van der Waals surface area contributed by atoms with Gasteiger partial charge in [-0.3, -0.25) is 0 Å². The Hall–Kier alpha value is -1.14. The number of rotatable bonds is 5. The van der Waals surface area contributed by atoms with Crippen molar-refractivity contribution < 1.29 is 0 Å². The van der Waals surface area contributed by atoms with E-state index < -0.39 is 0 Å². The summed E-state index contributed by atoms with van der Waals surface area (Å²) in [4.78, 5) is 8.66. The van der Waals surface area contributed by atoms with Gasteiger partial charge in [0, 0.05) is 17.2 Å². The summed E-state index contributed by atoms with van der Waals surface area (Å²) >= 11 is 6.95. The van der Waals surface area contributed by atoms with E-state index in [0.717, 1.165) is 33.4 Å². The summed E-state index contributed by atoms with van der Waals surface area (Å²) in [6.45, 7) is 2.96. The van der Waals surface area contributed by atoms with Gasteiger partial charge in [-0.15, -0.1) is 0 Å². The molecule has 4 nitrogen and oxygen atoms in total. The zero-order valence-corrected chi connectivity index (χ0v) is 13.6. The van der Waals surface area contributed by atoms with Crippen LogP contribution in [-0.2, 0) is 0 Å². The number of aromatic nitrogens is 2. The van der Waals surface area contributed by atoms with E-state index >= 15 is 0 Å². The predicted octanol–water partition coefficient (Wildman–Crippen LogP) is 4.57. The molecule has 0 radical (unpaired) electrons. The first-order valence-corrected chi connectivity index (χ1v) is 7.57. The summed E-state index contributed by atoms with van der Waals surface area (Å²) < 4.78 is 1.81. The summed E-state index contributed by atoms with van der Waals surface area (Å²) in [6.07, 6.45) is 2.77. The molecule has 1 aromatic heterocycles. The van der Waals surface area contributed by atoms with Crippen molar-refractivity contribution >= 4 is 49.3 Å². The smallest absolute Gasteiger partial charge is 0.224 e. The van der Waals surface area contributed by atoms with E-state index in [1.807, 2.05) is 24.3 Å². The lowest BCUT2D eigenvalue weighted by molar-refractivity contribution is 0.952. The Balaban J connectivity index is 2.21. The average Bonchev–Trinajstić information content (AvgIpc) is 2.42. The van der Waals surface area contributed by atoms with E-state index in [1.54, 1.807) is 6.20 Å². The third-order valence-corrected chi connectivity index (χ3v) is 3.68. The van der Waals surface area contributed by atoms with Crippen LogP contribution in [0.4, 0.5) is 17.5 Å². The quantitative estimate of drug-likeness (QED) is 0.791. The molecule has 0 amide bonds. The Morgan fingerprint density at radius 1 is 1.16 bits per heavy atom. The first-order chi connectivity index (χ1) is 9.20. The first-order valence-electron chi connectivity index (χ1n) is 5.98. The Morgan fingerprint density at radius 3 is 2.68 bits per heavy atom. The fourth-order valence-corrected chi connectivity index (χ4v) is 2.14. The van der Waals surface area contributed by atoms with Crippen LogP contribution < -0.4 is 10.6 Å². The summed E-state index contributed by atoms with van der Waals surface area (Å²) in [5.74, 6) is 1.36. The Kier molecular flexibility index (Phi) is 5.15. The van der Waals surface area contributed by atoms with Crippen molar-refractivity contribution in [2.45, 2.75) is 13.3 Å². The van der Waals surface area contributed by atoms with Crippen LogP contribution in [0.15, 0.2) is 39.4 Å². The standard InChI is InChI=1S/C13H14Br2N4/c1-2-7-16-13-17-8-10(15)12(19-13)18-11-6-4-3-5-9(11)14/h3-6,8H,2,7H2,1H3,(H2,16,17,18,19). The van der Waals surface area contributed by atoms with Crippen LogP contribution in [-0.4, -0.2) is 16.5 Å². The van der Waals surface area contributed by atoms with Gasteiger partial charge in [-0.25, -0.2) is 4.98 Å². The SMILES string of the molecule is CCCNc1ncc(Br)c(Nc2ccccc2Br)n1. The lowest BCUT2D eigenvalue weighted by Crippen LogP contribution is -2.06. The summed E-state index contributed by atoms with van der Waals surface area (Å²) in [6, 6.07) is 7.91. The topological polar surface area (TPSA) is 49.8 Å². The second kappa shape index (κ2) is 6.86. The molecule has 0 saturated carbocycles. The molecule has 0 aliphatic rings. The van der Waals surface area contributed by atoms with Gasteiger partial charge in [-0.05, 0) is 50.4 Å². The van der Waals surface area contributed by atoms with Crippen LogP contribution in [0.2, 0.25) is 0 Å². The summed E-state index contributed by atoms with van der Waals surface area (Å²) in [5, 5.41) is 6.44. The average molecular weight is 386 g/mol. The third kappa shape index (κ3) is 3.91. The molecule has 6 heteroatoms. The highest BCUT2D eigenvalue weighted by atomic mass is 79.9. The number of nitrogens with zero attached hydrogens (tertiary/aromatic N) is 2. The minimum absolute atomic E-state index is 0.625. The van der Waals surface area contributed by atoms with E-state index in [0.29, 0.717) is 5.95 Å². The molecule has 19 heavy (non-hydrogen) atoms. The van der Waals surface area contributed by atoms with Crippen molar-refractivity contribution in [3.63, 3.8) is 0 Å². The fraction of sp³-hybridized carbons (Fsp3) is 0.231. The van der Waals surface area contributed by atoms with E-state index in [-0.39, 0.29) is 0 Å². The molecule has 0 fully saturated rings. The second-order valence-electron chi connectivity index (χ2n) is 3.92. The van der Waals surface area contributed by atoms with Gasteiger partial charge in [-0.1, -0.05) is 19.1 Å². The highest BCUT2D eigenvalue weighted by molar-refractivity contribution is 9.11. The van der Waals surface area contributed by atoms with E-state index in [2.05, 4.69) is 59.4 Å². The van der Waals surface area contributed by atoms with Crippen molar-refractivity contribution in [2.75, 3.05) is 17.2 Å². The van der Waals surface area contributed by atoms with E-state index in [9.17, 15) is 0 Å². The van der Waals surface area contributed by atoms with E-state index in [1.165, 1.54) is 0 Å². The monoisotopic (exact) mass is 384 g/mol. The molecule has 0 spiro atoms. The Morgan fingerprint density at radius 2 is 1.95 bits per heavy atom. The lowest BCUT2D eigenvalue weighted by Gasteiger charge is -2.11. The lowest BCUT2D eigenvalue weighted by atomic mass is 10.3. The number of benzene rings is 1. The molecule has 1 heterocycles. The maximum atomic E-state index is 4.45. The zero-order valence-electron chi connectivity index (χ0n) is 10.5. The number of anilines is 3. The van der Waals surface area contributed by atoms with Gasteiger partial charge < -0.3 is 10.6 Å². The molecule has 0 saturated heterocycles. The molecule has 100 valence electrons. The zero-order chi connectivity index (χ0) is 13.7. The van der Waals surface area contributed by atoms with E-state index in [4.69, 9.17) is 0 Å². The fourth-order valence-electron chi connectivity index (χ4n) is 1.47. The van der Waals surface area contributed by atoms with Gasteiger partial charge in [0.15, 0.2) is 0 Å². The van der Waals surface area contributed by atoms with Gasteiger partial charge >= 0.3 is 0 Å².